The zero-order chi connectivity index (χ0) is 10.8. The molecule has 0 spiro atoms. The van der Waals surface area contributed by atoms with Gasteiger partial charge in [-0.3, -0.25) is 4.79 Å². The Balaban J connectivity index is 2.10. The lowest BCUT2D eigenvalue weighted by Gasteiger charge is -2.05. The molecule has 0 heterocycles. The van der Waals surface area contributed by atoms with Gasteiger partial charge in [0, 0.05) is 17.2 Å². The lowest BCUT2D eigenvalue weighted by atomic mass is 10.2. The predicted octanol–water partition coefficient (Wildman–Crippen LogP) is 1.67. The van der Waals surface area contributed by atoms with Crippen molar-refractivity contribution in [2.45, 2.75) is 12.8 Å². The fraction of sp³-hybridized carbons (Fsp3) is 0.273. The van der Waals surface area contributed by atoms with Crippen LogP contribution in [0.4, 0.5) is 5.69 Å². The van der Waals surface area contributed by atoms with Gasteiger partial charge >= 0.3 is 0 Å². The van der Waals surface area contributed by atoms with Crippen molar-refractivity contribution in [3.05, 3.63) is 29.8 Å². The Morgan fingerprint density at radius 2 is 2.20 bits per heavy atom. The third kappa shape index (κ3) is 2.53. The minimum Gasteiger partial charge on any atom is -0.389 e. The summed E-state index contributed by atoms with van der Waals surface area (Å²) >= 11 is 4.86. The molecule has 1 fully saturated rings. The number of hydrogen-bond acceptors (Lipinski definition) is 2. The molecule has 0 bridgehead atoms. The van der Waals surface area contributed by atoms with Gasteiger partial charge in [0.1, 0.15) is 4.99 Å². The number of nitrogens with two attached hydrogens (primary N) is 1. The molecule has 1 amide bonds. The fourth-order valence-electron chi connectivity index (χ4n) is 1.34. The molecule has 1 saturated carbocycles. The SMILES string of the molecule is NC(=S)c1cccc(NC(=O)C2CC2)c1. The van der Waals surface area contributed by atoms with Crippen LogP contribution in [-0.2, 0) is 4.79 Å². The third-order valence-electron chi connectivity index (χ3n) is 2.36. The summed E-state index contributed by atoms with van der Waals surface area (Å²) in [7, 11) is 0. The maximum atomic E-state index is 11.5. The zero-order valence-electron chi connectivity index (χ0n) is 8.19. The van der Waals surface area contributed by atoms with Crippen LogP contribution in [0.1, 0.15) is 18.4 Å². The summed E-state index contributed by atoms with van der Waals surface area (Å²) in [5.74, 6) is 0.300. The molecule has 4 heteroatoms. The number of benzene rings is 1. The highest BCUT2D eigenvalue weighted by atomic mass is 32.1. The molecule has 0 aromatic heterocycles. The van der Waals surface area contributed by atoms with Crippen molar-refractivity contribution in [3.63, 3.8) is 0 Å². The molecule has 0 aliphatic heterocycles. The summed E-state index contributed by atoms with van der Waals surface area (Å²) in [6.45, 7) is 0. The number of thiocarbonyl (C=S) groups is 1. The van der Waals surface area contributed by atoms with Gasteiger partial charge in [-0.15, -0.1) is 0 Å². The van der Waals surface area contributed by atoms with E-state index >= 15 is 0 Å². The van der Waals surface area contributed by atoms with Gasteiger partial charge in [0.05, 0.1) is 0 Å². The average molecular weight is 220 g/mol. The van der Waals surface area contributed by atoms with Gasteiger partial charge in [0.25, 0.3) is 0 Å². The maximum absolute atomic E-state index is 11.5. The number of carbonyl (C=O) groups excluding carboxylic acids is 1. The number of hydrogen-bond donors (Lipinski definition) is 2. The first-order valence-corrected chi connectivity index (χ1v) is 5.28. The van der Waals surface area contributed by atoms with Crippen LogP contribution < -0.4 is 11.1 Å². The van der Waals surface area contributed by atoms with Crippen molar-refractivity contribution in [2.75, 3.05) is 5.32 Å². The van der Waals surface area contributed by atoms with Gasteiger partial charge in [-0.05, 0) is 25.0 Å². The number of rotatable bonds is 3. The molecule has 0 radical (unpaired) electrons. The van der Waals surface area contributed by atoms with E-state index < -0.39 is 0 Å². The first-order chi connectivity index (χ1) is 7.16. The van der Waals surface area contributed by atoms with Gasteiger partial charge in [0.15, 0.2) is 0 Å². The van der Waals surface area contributed by atoms with Gasteiger partial charge in [-0.2, -0.15) is 0 Å². The molecule has 1 aromatic rings. The van der Waals surface area contributed by atoms with E-state index in [1.54, 1.807) is 6.07 Å². The fourth-order valence-corrected chi connectivity index (χ4v) is 1.47. The second-order valence-corrected chi connectivity index (χ2v) is 4.15. The van der Waals surface area contributed by atoms with Crippen LogP contribution in [0.15, 0.2) is 24.3 Å². The second kappa shape index (κ2) is 3.98. The smallest absolute Gasteiger partial charge is 0.227 e. The van der Waals surface area contributed by atoms with Crippen LogP contribution in [0.2, 0.25) is 0 Å². The highest BCUT2D eigenvalue weighted by Gasteiger charge is 2.29. The molecule has 0 atom stereocenters. The van der Waals surface area contributed by atoms with E-state index in [9.17, 15) is 4.79 Å². The van der Waals surface area contributed by atoms with Crippen LogP contribution in [0.25, 0.3) is 0 Å². The normalized spacial score (nSPS) is 14.7. The molecule has 1 aliphatic rings. The number of nitrogens with one attached hydrogen (secondary N) is 1. The summed E-state index contributed by atoms with van der Waals surface area (Å²) in [5, 5.41) is 2.84. The van der Waals surface area contributed by atoms with E-state index in [1.807, 2.05) is 18.2 Å². The first-order valence-electron chi connectivity index (χ1n) is 4.87. The van der Waals surface area contributed by atoms with Crippen LogP contribution in [0.5, 0.6) is 0 Å². The molecule has 0 unspecified atom stereocenters. The van der Waals surface area contributed by atoms with Crippen molar-refractivity contribution >= 4 is 28.8 Å². The number of amides is 1. The van der Waals surface area contributed by atoms with Crippen molar-refractivity contribution in [3.8, 4) is 0 Å². The van der Waals surface area contributed by atoms with Crippen LogP contribution in [-0.4, -0.2) is 10.9 Å². The topological polar surface area (TPSA) is 55.1 Å². The molecular formula is C11H12N2OS. The average Bonchev–Trinajstić information content (AvgIpc) is 3.01. The summed E-state index contributed by atoms with van der Waals surface area (Å²) < 4.78 is 0. The lowest BCUT2D eigenvalue weighted by molar-refractivity contribution is -0.117. The highest BCUT2D eigenvalue weighted by molar-refractivity contribution is 7.80. The van der Waals surface area contributed by atoms with E-state index in [-0.39, 0.29) is 11.8 Å². The van der Waals surface area contributed by atoms with E-state index in [2.05, 4.69) is 5.32 Å². The summed E-state index contributed by atoms with van der Waals surface area (Å²) in [6.07, 6.45) is 2.00. The van der Waals surface area contributed by atoms with E-state index in [0.29, 0.717) is 4.99 Å². The first kappa shape index (κ1) is 10.1. The monoisotopic (exact) mass is 220 g/mol. The van der Waals surface area contributed by atoms with E-state index in [1.165, 1.54) is 0 Å². The Morgan fingerprint density at radius 3 is 2.80 bits per heavy atom. The van der Waals surface area contributed by atoms with Gasteiger partial charge < -0.3 is 11.1 Å². The Bertz CT molecular complexity index is 413. The summed E-state index contributed by atoms with van der Waals surface area (Å²) in [5.41, 5.74) is 7.04. The van der Waals surface area contributed by atoms with Gasteiger partial charge in [0.2, 0.25) is 5.91 Å². The quantitative estimate of drug-likeness (QED) is 0.762. The van der Waals surface area contributed by atoms with Crippen molar-refractivity contribution in [2.24, 2.45) is 11.7 Å². The third-order valence-corrected chi connectivity index (χ3v) is 2.60. The van der Waals surface area contributed by atoms with Crippen LogP contribution in [0, 0.1) is 5.92 Å². The van der Waals surface area contributed by atoms with Crippen molar-refractivity contribution in [1.29, 1.82) is 0 Å². The summed E-state index contributed by atoms with van der Waals surface area (Å²) in [6, 6.07) is 7.29. The maximum Gasteiger partial charge on any atom is 0.227 e. The van der Waals surface area contributed by atoms with Crippen molar-refractivity contribution < 1.29 is 4.79 Å². The second-order valence-electron chi connectivity index (χ2n) is 3.71. The van der Waals surface area contributed by atoms with E-state index in [4.69, 9.17) is 18.0 Å². The van der Waals surface area contributed by atoms with Crippen LogP contribution >= 0.6 is 12.2 Å². The lowest BCUT2D eigenvalue weighted by Crippen LogP contribution is -2.14. The van der Waals surface area contributed by atoms with Gasteiger partial charge in [-0.25, -0.2) is 0 Å². The Kier molecular flexibility index (Phi) is 2.68. The summed E-state index contributed by atoms with van der Waals surface area (Å²) in [4.78, 5) is 11.8. The molecule has 0 saturated heterocycles. The van der Waals surface area contributed by atoms with Gasteiger partial charge in [-0.1, -0.05) is 24.4 Å². The highest BCUT2D eigenvalue weighted by Crippen LogP contribution is 2.30. The zero-order valence-corrected chi connectivity index (χ0v) is 9.01. The molecule has 3 nitrogen and oxygen atoms in total. The molecule has 78 valence electrons. The Labute approximate surface area is 93.7 Å². The number of carbonyl (C=O) groups is 1. The standard InChI is InChI=1S/C11H12N2OS/c12-10(15)8-2-1-3-9(6-8)13-11(14)7-4-5-7/h1-3,6-7H,4-5H2,(H2,12,15)(H,13,14). The molecule has 1 aromatic carbocycles. The minimum atomic E-state index is 0.0927. The van der Waals surface area contributed by atoms with E-state index in [0.717, 1.165) is 24.1 Å². The molecule has 1 aliphatic carbocycles. The van der Waals surface area contributed by atoms with Crippen LogP contribution in [0.3, 0.4) is 0 Å². The predicted molar refractivity (Wildman–Crippen MR) is 63.7 cm³/mol. The molecule has 3 N–H and O–H groups in total. The molecular weight excluding hydrogens is 208 g/mol. The Morgan fingerprint density at radius 1 is 1.47 bits per heavy atom. The molecule has 2 rings (SSSR count). The largest absolute Gasteiger partial charge is 0.389 e. The molecule has 15 heavy (non-hydrogen) atoms. The van der Waals surface area contributed by atoms with Crippen molar-refractivity contribution in [1.82, 2.24) is 0 Å². The Hall–Kier alpha value is -1.42. The minimum absolute atomic E-state index is 0.0927. The number of anilines is 1.